The molecule has 2 N–H and O–H groups in total. The fourth-order valence-electron chi connectivity index (χ4n) is 5.79. The number of nitro groups is 1. The van der Waals surface area contributed by atoms with Crippen molar-refractivity contribution in [2.75, 3.05) is 25.6 Å². The number of aryl methyl sites for hydroxylation is 1. The van der Waals surface area contributed by atoms with Crippen molar-refractivity contribution in [1.82, 2.24) is 10.3 Å². The van der Waals surface area contributed by atoms with Gasteiger partial charge in [0, 0.05) is 51.9 Å². The molecular weight excluding hydrogens is 560 g/mol. The Morgan fingerprint density at radius 2 is 1.83 bits per heavy atom. The van der Waals surface area contributed by atoms with Gasteiger partial charge in [0.05, 0.1) is 34.6 Å². The predicted octanol–water partition coefficient (Wildman–Crippen LogP) is 5.74. The number of halogens is 1. The van der Waals surface area contributed by atoms with Crippen molar-refractivity contribution in [3.05, 3.63) is 97.0 Å². The lowest BCUT2D eigenvalue weighted by Gasteiger charge is -2.30. The largest absolute Gasteiger partial charge is 0.466 e. The highest BCUT2D eigenvalue weighted by Crippen LogP contribution is 2.40. The number of rotatable bonds is 8. The van der Waals surface area contributed by atoms with Gasteiger partial charge in [0.2, 0.25) is 0 Å². The number of methoxy groups -OCH3 is 1. The minimum atomic E-state index is -0.917. The number of carbonyl (C=O) groups is 2. The first-order valence-electron chi connectivity index (χ1n) is 13.7. The Morgan fingerprint density at radius 3 is 2.57 bits per heavy atom. The number of nitro benzene ring substituents is 1. The molecule has 42 heavy (non-hydrogen) atoms. The molecule has 11 heteroatoms. The highest BCUT2D eigenvalue weighted by Gasteiger charge is 2.38. The zero-order chi connectivity index (χ0) is 30.0. The zero-order valence-electron chi connectivity index (χ0n) is 23.6. The van der Waals surface area contributed by atoms with E-state index in [9.17, 15) is 19.7 Å². The Labute approximate surface area is 247 Å². The zero-order valence-corrected chi connectivity index (χ0v) is 24.3. The van der Waals surface area contributed by atoms with Crippen LogP contribution in [0.4, 0.5) is 11.4 Å². The molecule has 3 aromatic rings. The number of hydrogen-bond acceptors (Lipinski definition) is 9. The molecule has 5 rings (SSSR count). The molecule has 2 aliphatic rings. The number of pyridine rings is 1. The highest BCUT2D eigenvalue weighted by atomic mass is 35.5. The summed E-state index contributed by atoms with van der Waals surface area (Å²) >= 11 is 6.24. The number of allylic oxidation sites excluding steroid dienone is 2. The monoisotopic (exact) mass is 590 g/mol. The summed E-state index contributed by atoms with van der Waals surface area (Å²) in [7, 11) is 1.25. The molecule has 0 spiro atoms. The predicted molar refractivity (Wildman–Crippen MR) is 159 cm³/mol. The Kier molecular flexibility index (Phi) is 8.44. The van der Waals surface area contributed by atoms with Crippen LogP contribution >= 0.6 is 11.6 Å². The lowest BCUT2D eigenvalue weighted by molar-refractivity contribution is -0.384. The van der Waals surface area contributed by atoms with Crippen LogP contribution in [0.25, 0.3) is 10.9 Å². The summed E-state index contributed by atoms with van der Waals surface area (Å²) in [6.45, 7) is 3.77. The van der Waals surface area contributed by atoms with Gasteiger partial charge in [-0.2, -0.15) is 0 Å². The molecule has 0 bridgehead atoms. The van der Waals surface area contributed by atoms with Crippen molar-refractivity contribution in [2.24, 2.45) is 0 Å². The summed E-state index contributed by atoms with van der Waals surface area (Å²) < 4.78 is 10.8. The quantitative estimate of drug-likeness (QED) is 0.146. The minimum absolute atomic E-state index is 0.0414. The number of non-ortho nitro benzene ring substituents is 1. The van der Waals surface area contributed by atoms with Crippen molar-refractivity contribution >= 4 is 45.8 Å². The fourth-order valence-corrected chi connectivity index (χ4v) is 5.96. The normalized spacial score (nSPS) is 16.5. The number of anilines is 1. The molecule has 1 aliphatic carbocycles. The number of hydrogen-bond donors (Lipinski definition) is 2. The molecule has 0 amide bonds. The third kappa shape index (κ3) is 5.67. The summed E-state index contributed by atoms with van der Waals surface area (Å²) in [6.07, 6.45) is 3.97. The van der Waals surface area contributed by atoms with E-state index in [4.69, 9.17) is 26.1 Å². The van der Waals surface area contributed by atoms with Gasteiger partial charge in [-0.25, -0.2) is 9.59 Å². The van der Waals surface area contributed by atoms with Gasteiger partial charge in [0.15, 0.2) is 0 Å². The molecule has 10 nitrogen and oxygen atoms in total. The molecule has 1 unspecified atom stereocenters. The average molecular weight is 591 g/mol. The van der Waals surface area contributed by atoms with Gasteiger partial charge >= 0.3 is 11.9 Å². The van der Waals surface area contributed by atoms with Crippen LogP contribution in [0.3, 0.4) is 0 Å². The number of fused-ring (bicyclic) bond motifs is 2. The maximum Gasteiger partial charge on any atom is 0.336 e. The van der Waals surface area contributed by atoms with Crippen molar-refractivity contribution < 1.29 is 24.0 Å². The number of dihydropyridines is 1. The number of carbonyl (C=O) groups excluding carboxylic acids is 2. The first-order valence-corrected chi connectivity index (χ1v) is 14.1. The summed E-state index contributed by atoms with van der Waals surface area (Å²) in [6, 6.07) is 11.5. The van der Waals surface area contributed by atoms with Crippen molar-refractivity contribution in [2.45, 2.75) is 45.4 Å². The molecule has 1 aromatic heterocycles. The molecule has 1 aliphatic heterocycles. The molecule has 0 saturated heterocycles. The number of aromatic nitrogens is 1. The van der Waals surface area contributed by atoms with E-state index >= 15 is 0 Å². The van der Waals surface area contributed by atoms with Crippen LogP contribution in [-0.4, -0.2) is 42.1 Å². The van der Waals surface area contributed by atoms with E-state index in [0.29, 0.717) is 28.5 Å². The van der Waals surface area contributed by atoms with Crippen LogP contribution in [0.15, 0.2) is 65.0 Å². The second-order valence-electron chi connectivity index (χ2n) is 10.3. The SMILES string of the molecule is COC(=O)C1=C(C)NC(C)=C(C(=O)OCCNc2c3c(nc4cc(Cl)ccc24)CCCC3)C1c1cccc([N+](=O)[O-])c1. The van der Waals surface area contributed by atoms with E-state index in [0.717, 1.165) is 48.0 Å². The van der Waals surface area contributed by atoms with Crippen LogP contribution in [-0.2, 0) is 31.9 Å². The van der Waals surface area contributed by atoms with Crippen molar-refractivity contribution in [3.8, 4) is 0 Å². The van der Waals surface area contributed by atoms with E-state index < -0.39 is 22.8 Å². The van der Waals surface area contributed by atoms with E-state index in [1.54, 1.807) is 19.9 Å². The van der Waals surface area contributed by atoms with Crippen LogP contribution in [0, 0.1) is 10.1 Å². The number of nitrogens with one attached hydrogen (secondary N) is 2. The van der Waals surface area contributed by atoms with E-state index in [1.165, 1.54) is 30.9 Å². The summed E-state index contributed by atoms with van der Waals surface area (Å²) in [5, 5.41) is 19.6. The summed E-state index contributed by atoms with van der Waals surface area (Å²) in [5.41, 5.74) is 5.61. The molecule has 2 heterocycles. The van der Waals surface area contributed by atoms with Gasteiger partial charge in [-0.15, -0.1) is 0 Å². The number of nitrogens with zero attached hydrogens (tertiary/aromatic N) is 2. The van der Waals surface area contributed by atoms with E-state index in [-0.39, 0.29) is 23.4 Å². The van der Waals surface area contributed by atoms with E-state index in [2.05, 4.69) is 10.6 Å². The molecular formula is C31H31ClN4O6. The van der Waals surface area contributed by atoms with Crippen LogP contribution in [0.5, 0.6) is 0 Å². The second kappa shape index (κ2) is 12.2. The maximum atomic E-state index is 13.6. The first kappa shape index (κ1) is 29.1. The first-order chi connectivity index (χ1) is 20.2. The number of esters is 2. The van der Waals surface area contributed by atoms with Gasteiger partial charge in [-0.05, 0) is 68.9 Å². The topological polar surface area (TPSA) is 133 Å². The van der Waals surface area contributed by atoms with E-state index in [1.807, 2.05) is 18.2 Å². The Balaban J connectivity index is 1.39. The lowest BCUT2D eigenvalue weighted by Crippen LogP contribution is -2.32. The Bertz CT molecular complexity index is 1660. The molecule has 1 atom stereocenters. The third-order valence-electron chi connectivity index (χ3n) is 7.66. The van der Waals surface area contributed by atoms with Crippen LogP contribution in [0.1, 0.15) is 49.4 Å². The standard InChI is InChI=1S/C31H31ClN4O6/c1-17-26(30(37)41-3)28(19-7-6-8-21(15-19)36(39)40)27(18(2)34-17)31(38)42-14-13-33-29-22-9-4-5-10-24(22)35-25-16-20(32)11-12-23(25)29/h6-8,11-12,15-16,28,34H,4-5,9-10,13-14H2,1-3H3,(H,33,35). The minimum Gasteiger partial charge on any atom is -0.466 e. The molecule has 0 radical (unpaired) electrons. The second-order valence-corrected chi connectivity index (χ2v) is 10.8. The van der Waals surface area contributed by atoms with Crippen LogP contribution < -0.4 is 10.6 Å². The average Bonchev–Trinajstić information content (AvgIpc) is 2.97. The molecule has 218 valence electrons. The Hall–Kier alpha value is -4.44. The molecule has 0 saturated carbocycles. The van der Waals surface area contributed by atoms with Gasteiger partial charge in [-0.3, -0.25) is 15.1 Å². The smallest absolute Gasteiger partial charge is 0.336 e. The van der Waals surface area contributed by atoms with Crippen molar-refractivity contribution in [3.63, 3.8) is 0 Å². The number of ether oxygens (including phenoxy) is 2. The van der Waals surface area contributed by atoms with Gasteiger partial charge < -0.3 is 20.1 Å². The van der Waals surface area contributed by atoms with Crippen molar-refractivity contribution in [1.29, 1.82) is 0 Å². The lowest BCUT2D eigenvalue weighted by atomic mass is 9.80. The molecule has 0 fully saturated rings. The number of benzene rings is 2. The van der Waals surface area contributed by atoms with Crippen LogP contribution in [0.2, 0.25) is 5.02 Å². The summed E-state index contributed by atoms with van der Waals surface area (Å²) in [5.74, 6) is -2.20. The van der Waals surface area contributed by atoms with Gasteiger partial charge in [0.25, 0.3) is 5.69 Å². The van der Waals surface area contributed by atoms with Gasteiger partial charge in [0.1, 0.15) is 6.61 Å². The third-order valence-corrected chi connectivity index (χ3v) is 7.90. The fraction of sp³-hybridized carbons (Fsp3) is 0.323. The maximum absolute atomic E-state index is 13.6. The highest BCUT2D eigenvalue weighted by molar-refractivity contribution is 6.31. The Morgan fingerprint density at radius 1 is 1.10 bits per heavy atom. The van der Waals surface area contributed by atoms with Gasteiger partial charge in [-0.1, -0.05) is 23.7 Å². The molecule has 2 aromatic carbocycles. The summed E-state index contributed by atoms with van der Waals surface area (Å²) in [4.78, 5) is 42.3.